The Balaban J connectivity index is 1.54. The number of thioether (sulfide) groups is 1. The van der Waals surface area contributed by atoms with E-state index in [1.807, 2.05) is 7.05 Å². The molecular formula is C20H19ClN4S2. The predicted molar refractivity (Wildman–Crippen MR) is 114 cm³/mol. The van der Waals surface area contributed by atoms with Crippen LogP contribution in [0.3, 0.4) is 0 Å². The van der Waals surface area contributed by atoms with E-state index < -0.39 is 0 Å². The molecule has 0 saturated carbocycles. The van der Waals surface area contributed by atoms with Crippen molar-refractivity contribution in [1.29, 1.82) is 0 Å². The van der Waals surface area contributed by atoms with Crippen LogP contribution in [0.25, 0.3) is 10.9 Å². The third kappa shape index (κ3) is 3.74. The summed E-state index contributed by atoms with van der Waals surface area (Å²) in [7, 11) is 2.01. The number of hydrogen-bond donors (Lipinski definition) is 0. The molecule has 4 rings (SSSR count). The van der Waals surface area contributed by atoms with Crippen LogP contribution in [-0.4, -0.2) is 19.7 Å². The average molecular weight is 415 g/mol. The van der Waals surface area contributed by atoms with Crippen molar-refractivity contribution in [3.05, 3.63) is 68.3 Å². The second kappa shape index (κ2) is 7.62. The predicted octanol–water partition coefficient (Wildman–Crippen LogP) is 5.58. The highest BCUT2D eigenvalue weighted by Gasteiger charge is 2.13. The quantitative estimate of drug-likeness (QED) is 0.316. The van der Waals surface area contributed by atoms with E-state index >= 15 is 0 Å². The van der Waals surface area contributed by atoms with Crippen molar-refractivity contribution in [2.75, 3.05) is 0 Å². The highest BCUT2D eigenvalue weighted by molar-refractivity contribution is 7.98. The third-order valence-corrected chi connectivity index (χ3v) is 7.00. The molecule has 0 amide bonds. The molecule has 7 heteroatoms. The number of nitrogens with zero attached hydrogens (tertiary/aromatic N) is 4. The van der Waals surface area contributed by atoms with E-state index in [1.54, 1.807) is 23.1 Å². The molecule has 0 spiro atoms. The normalized spacial score (nSPS) is 11.4. The minimum atomic E-state index is 0.560. The SMILES string of the molecule is Cc1ccc2cc(CSc3nnc(Cc4cccs4)n3C)c(Cl)nc2c1C. The third-order valence-electron chi connectivity index (χ3n) is 4.73. The lowest BCUT2D eigenvalue weighted by molar-refractivity contribution is 0.751. The van der Waals surface area contributed by atoms with Crippen LogP contribution in [0.1, 0.15) is 27.4 Å². The Kier molecular flexibility index (Phi) is 5.21. The number of thiophene rings is 1. The van der Waals surface area contributed by atoms with Crippen LogP contribution in [0.2, 0.25) is 5.15 Å². The molecule has 0 N–H and O–H groups in total. The molecule has 0 aliphatic carbocycles. The second-order valence-corrected chi connectivity index (χ2v) is 8.85. The van der Waals surface area contributed by atoms with Crippen LogP contribution in [0, 0.1) is 13.8 Å². The van der Waals surface area contributed by atoms with Gasteiger partial charge < -0.3 is 4.57 Å². The van der Waals surface area contributed by atoms with E-state index in [0.717, 1.165) is 33.9 Å². The van der Waals surface area contributed by atoms with Crippen molar-refractivity contribution in [3.63, 3.8) is 0 Å². The summed E-state index contributed by atoms with van der Waals surface area (Å²) < 4.78 is 2.06. The van der Waals surface area contributed by atoms with Gasteiger partial charge in [-0.15, -0.1) is 21.5 Å². The van der Waals surface area contributed by atoms with Crippen molar-refractivity contribution in [2.24, 2.45) is 7.05 Å². The maximum absolute atomic E-state index is 6.47. The molecule has 4 aromatic rings. The molecule has 3 heterocycles. The molecule has 4 nitrogen and oxygen atoms in total. The summed E-state index contributed by atoms with van der Waals surface area (Å²) in [4.78, 5) is 5.92. The average Bonchev–Trinajstić information content (AvgIpc) is 3.29. The Bertz CT molecular complexity index is 1100. The van der Waals surface area contributed by atoms with Gasteiger partial charge in [0.15, 0.2) is 5.16 Å². The lowest BCUT2D eigenvalue weighted by atomic mass is 10.0. The summed E-state index contributed by atoms with van der Waals surface area (Å²) in [5, 5.41) is 13.3. The van der Waals surface area contributed by atoms with Gasteiger partial charge in [-0.2, -0.15) is 0 Å². The first-order valence-corrected chi connectivity index (χ1v) is 10.9. The maximum atomic E-state index is 6.47. The van der Waals surface area contributed by atoms with Crippen LogP contribution in [0.4, 0.5) is 0 Å². The molecular weight excluding hydrogens is 396 g/mol. The van der Waals surface area contributed by atoms with E-state index in [0.29, 0.717) is 10.9 Å². The van der Waals surface area contributed by atoms with Crippen LogP contribution in [0.15, 0.2) is 40.9 Å². The van der Waals surface area contributed by atoms with Gasteiger partial charge in [0.2, 0.25) is 0 Å². The van der Waals surface area contributed by atoms with E-state index in [1.165, 1.54) is 16.0 Å². The van der Waals surface area contributed by atoms with Crippen molar-refractivity contribution in [3.8, 4) is 0 Å². The first kappa shape index (κ1) is 18.5. The van der Waals surface area contributed by atoms with Gasteiger partial charge in [0.25, 0.3) is 0 Å². The Morgan fingerprint density at radius 1 is 1.19 bits per heavy atom. The minimum absolute atomic E-state index is 0.560. The molecule has 0 aliphatic rings. The second-order valence-electron chi connectivity index (χ2n) is 6.52. The number of rotatable bonds is 5. The smallest absolute Gasteiger partial charge is 0.191 e. The van der Waals surface area contributed by atoms with Gasteiger partial charge in [-0.1, -0.05) is 41.6 Å². The number of benzene rings is 1. The summed E-state index contributed by atoms with van der Waals surface area (Å²) in [6, 6.07) is 10.5. The summed E-state index contributed by atoms with van der Waals surface area (Å²) in [6.07, 6.45) is 0.804. The molecule has 0 radical (unpaired) electrons. The van der Waals surface area contributed by atoms with Crippen LogP contribution in [-0.2, 0) is 19.2 Å². The van der Waals surface area contributed by atoms with Gasteiger partial charge in [0.05, 0.1) is 5.52 Å². The van der Waals surface area contributed by atoms with E-state index in [2.05, 4.69) is 69.3 Å². The summed E-state index contributed by atoms with van der Waals surface area (Å²) in [5.41, 5.74) is 4.40. The zero-order valence-electron chi connectivity index (χ0n) is 15.4. The monoisotopic (exact) mass is 414 g/mol. The maximum Gasteiger partial charge on any atom is 0.191 e. The van der Waals surface area contributed by atoms with E-state index in [9.17, 15) is 0 Å². The molecule has 0 aliphatic heterocycles. The summed E-state index contributed by atoms with van der Waals surface area (Å²) in [6.45, 7) is 4.18. The number of aryl methyl sites for hydroxylation is 2. The summed E-state index contributed by atoms with van der Waals surface area (Å²) >= 11 is 9.84. The number of hydrogen-bond acceptors (Lipinski definition) is 5. The van der Waals surface area contributed by atoms with Crippen molar-refractivity contribution in [1.82, 2.24) is 19.7 Å². The molecule has 138 valence electrons. The topological polar surface area (TPSA) is 43.6 Å². The fourth-order valence-electron chi connectivity index (χ4n) is 2.94. The molecule has 3 aromatic heterocycles. The standard InChI is InChI=1S/C20H19ClN4S2/c1-12-6-7-14-9-15(19(21)22-18(14)13(12)2)11-27-20-24-23-17(25(20)3)10-16-5-4-8-26-16/h4-9H,10-11H2,1-3H3. The molecule has 0 bridgehead atoms. The number of aromatic nitrogens is 4. The first-order valence-electron chi connectivity index (χ1n) is 8.61. The lowest BCUT2D eigenvalue weighted by Crippen LogP contribution is -1.99. The van der Waals surface area contributed by atoms with Gasteiger partial charge in [-0.05, 0) is 42.5 Å². The van der Waals surface area contributed by atoms with Crippen molar-refractivity contribution in [2.45, 2.75) is 31.2 Å². The number of pyridine rings is 1. The number of halogens is 1. The van der Waals surface area contributed by atoms with Gasteiger partial charge >= 0.3 is 0 Å². The molecule has 0 saturated heterocycles. The molecule has 27 heavy (non-hydrogen) atoms. The first-order chi connectivity index (χ1) is 13.0. The highest BCUT2D eigenvalue weighted by atomic mass is 35.5. The molecule has 1 aromatic carbocycles. The summed E-state index contributed by atoms with van der Waals surface area (Å²) in [5.74, 6) is 1.67. The molecule has 0 atom stereocenters. The Hall–Kier alpha value is -1.89. The van der Waals surface area contributed by atoms with Gasteiger partial charge in [0, 0.05) is 35.0 Å². The van der Waals surface area contributed by atoms with E-state index in [-0.39, 0.29) is 0 Å². The van der Waals surface area contributed by atoms with Gasteiger partial charge in [-0.25, -0.2) is 4.98 Å². The zero-order chi connectivity index (χ0) is 19.0. The Morgan fingerprint density at radius 3 is 2.81 bits per heavy atom. The highest BCUT2D eigenvalue weighted by Crippen LogP contribution is 2.29. The lowest BCUT2D eigenvalue weighted by Gasteiger charge is -2.09. The molecule has 0 unspecified atom stereocenters. The Labute approximate surface area is 171 Å². The van der Waals surface area contributed by atoms with Crippen molar-refractivity contribution < 1.29 is 0 Å². The van der Waals surface area contributed by atoms with Crippen LogP contribution >= 0.6 is 34.7 Å². The van der Waals surface area contributed by atoms with Gasteiger partial charge in [0.1, 0.15) is 11.0 Å². The van der Waals surface area contributed by atoms with Crippen LogP contribution < -0.4 is 0 Å². The largest absolute Gasteiger partial charge is 0.309 e. The van der Waals surface area contributed by atoms with Gasteiger partial charge in [-0.3, -0.25) is 0 Å². The fourth-order valence-corrected chi connectivity index (χ4v) is 4.83. The minimum Gasteiger partial charge on any atom is -0.309 e. The van der Waals surface area contributed by atoms with Crippen LogP contribution in [0.5, 0.6) is 0 Å². The van der Waals surface area contributed by atoms with E-state index in [4.69, 9.17) is 11.6 Å². The fraction of sp³-hybridized carbons (Fsp3) is 0.250. The van der Waals surface area contributed by atoms with Crippen molar-refractivity contribution >= 4 is 45.6 Å². The molecule has 0 fully saturated rings. The Morgan fingerprint density at radius 2 is 2.04 bits per heavy atom. The zero-order valence-corrected chi connectivity index (χ0v) is 17.8. The number of fused-ring (bicyclic) bond motifs is 1.